The number of nitrogens with zero attached hydrogens (tertiary/aromatic N) is 6. The number of β-amino-alcohol motifs (C(OH)–C–C–N with tert-alkyl or cyclic N) is 1. The van der Waals surface area contributed by atoms with E-state index in [4.69, 9.17) is 10.7 Å². The second kappa shape index (κ2) is 8.88. The fourth-order valence-corrected chi connectivity index (χ4v) is 4.54. The van der Waals surface area contributed by atoms with Crippen molar-refractivity contribution in [3.63, 3.8) is 0 Å². The zero-order chi connectivity index (χ0) is 23.8. The van der Waals surface area contributed by atoms with Gasteiger partial charge in [-0.15, -0.1) is 0 Å². The van der Waals surface area contributed by atoms with E-state index >= 15 is 0 Å². The lowest BCUT2D eigenvalue weighted by molar-refractivity contribution is 0.188. The molecule has 10 heteroatoms. The van der Waals surface area contributed by atoms with Crippen LogP contribution in [0, 0.1) is 13.8 Å². The third kappa shape index (κ3) is 3.91. The molecular weight excluding hydrogens is 432 g/mol. The molecule has 0 amide bonds. The van der Waals surface area contributed by atoms with Gasteiger partial charge in [-0.2, -0.15) is 5.10 Å². The molecule has 1 aromatic carbocycles. The summed E-state index contributed by atoms with van der Waals surface area (Å²) in [4.78, 5) is 27.2. The molecule has 0 bridgehead atoms. The first-order chi connectivity index (χ1) is 16.5. The van der Waals surface area contributed by atoms with Crippen molar-refractivity contribution in [3.05, 3.63) is 58.3 Å². The molecule has 0 radical (unpaired) electrons. The Kier molecular flexibility index (Phi) is 5.76. The highest BCUT2D eigenvalue weighted by atomic mass is 16.3. The number of para-hydroxylation sites is 1. The standard InChI is InChI=1S/C24H28N8O2/c1-15-5-3-4-6-19(15)32-14-17(22-21(24(32)34)23(25)29-28-22)18-13-20(27-16(2)26-18)31-9-7-30(8-10-31)11-12-33/h3-6,13-14,33H,7-12H2,1-2H3,(H3,25,28,29). The van der Waals surface area contributed by atoms with Crippen LogP contribution in [0.4, 0.5) is 11.6 Å². The van der Waals surface area contributed by atoms with Crippen LogP contribution >= 0.6 is 0 Å². The van der Waals surface area contributed by atoms with Gasteiger partial charge in [0.15, 0.2) is 5.82 Å². The number of H-pyrrole nitrogens is 1. The number of nitrogen functional groups attached to an aromatic ring is 1. The maximum Gasteiger partial charge on any atom is 0.268 e. The lowest BCUT2D eigenvalue weighted by atomic mass is 10.1. The van der Waals surface area contributed by atoms with Gasteiger partial charge in [0.05, 0.1) is 23.5 Å². The van der Waals surface area contributed by atoms with E-state index in [1.165, 1.54) is 0 Å². The minimum absolute atomic E-state index is 0.162. The monoisotopic (exact) mass is 460 g/mol. The van der Waals surface area contributed by atoms with Crippen molar-refractivity contribution >= 4 is 22.5 Å². The molecule has 4 N–H and O–H groups in total. The molecular formula is C24H28N8O2. The average Bonchev–Trinajstić information content (AvgIpc) is 3.22. The van der Waals surface area contributed by atoms with Crippen LogP contribution in [-0.4, -0.2) is 74.1 Å². The van der Waals surface area contributed by atoms with Crippen LogP contribution in [-0.2, 0) is 0 Å². The number of rotatable bonds is 5. The van der Waals surface area contributed by atoms with Crippen LogP contribution in [0.25, 0.3) is 27.8 Å². The van der Waals surface area contributed by atoms with Crippen LogP contribution in [0.1, 0.15) is 11.4 Å². The average molecular weight is 461 g/mol. The van der Waals surface area contributed by atoms with Crippen LogP contribution in [0.15, 0.2) is 41.3 Å². The van der Waals surface area contributed by atoms with Crippen molar-refractivity contribution in [1.82, 2.24) is 29.6 Å². The molecule has 176 valence electrons. The molecule has 3 aromatic heterocycles. The number of fused-ring (bicyclic) bond motifs is 1. The Morgan fingerprint density at radius 2 is 1.88 bits per heavy atom. The summed E-state index contributed by atoms with van der Waals surface area (Å²) in [5.41, 5.74) is 9.60. The number of hydrogen-bond donors (Lipinski definition) is 3. The van der Waals surface area contributed by atoms with Crippen molar-refractivity contribution in [2.45, 2.75) is 13.8 Å². The van der Waals surface area contributed by atoms with Gasteiger partial charge in [0.25, 0.3) is 5.56 Å². The first kappa shape index (κ1) is 22.1. The molecule has 5 rings (SSSR count). The molecule has 1 saturated heterocycles. The molecule has 0 saturated carbocycles. The Hall–Kier alpha value is -3.76. The van der Waals surface area contributed by atoms with Crippen LogP contribution in [0.3, 0.4) is 0 Å². The SMILES string of the molecule is Cc1nc(-c2cn(-c3ccccc3C)c(=O)c3c(N)n[nH]c23)cc(N2CCN(CCO)CC2)n1. The van der Waals surface area contributed by atoms with E-state index in [2.05, 4.69) is 25.0 Å². The van der Waals surface area contributed by atoms with E-state index in [1.54, 1.807) is 10.8 Å². The lowest BCUT2D eigenvalue weighted by Gasteiger charge is -2.35. The maximum atomic E-state index is 13.4. The Morgan fingerprint density at radius 3 is 2.62 bits per heavy atom. The van der Waals surface area contributed by atoms with Gasteiger partial charge in [-0.1, -0.05) is 18.2 Å². The zero-order valence-corrected chi connectivity index (χ0v) is 19.3. The Labute approximate surface area is 196 Å². The number of aliphatic hydroxyl groups is 1. The van der Waals surface area contributed by atoms with Gasteiger partial charge in [-0.05, 0) is 25.5 Å². The Bertz CT molecular complexity index is 1400. The van der Waals surface area contributed by atoms with Crippen molar-refractivity contribution < 1.29 is 5.11 Å². The number of aryl methyl sites for hydroxylation is 2. The molecule has 10 nitrogen and oxygen atoms in total. The number of benzene rings is 1. The van der Waals surface area contributed by atoms with Crippen LogP contribution in [0.2, 0.25) is 0 Å². The van der Waals surface area contributed by atoms with Gasteiger partial charge in [-0.3, -0.25) is 19.4 Å². The van der Waals surface area contributed by atoms with Crippen LogP contribution < -0.4 is 16.2 Å². The fraction of sp³-hybridized carbons (Fsp3) is 0.333. The minimum atomic E-state index is -0.231. The number of piperazine rings is 1. The quantitative estimate of drug-likeness (QED) is 0.408. The molecule has 4 heterocycles. The maximum absolute atomic E-state index is 13.4. The third-order valence-corrected chi connectivity index (χ3v) is 6.34. The van der Waals surface area contributed by atoms with E-state index in [1.807, 2.05) is 44.2 Å². The minimum Gasteiger partial charge on any atom is -0.395 e. The second-order valence-corrected chi connectivity index (χ2v) is 8.57. The summed E-state index contributed by atoms with van der Waals surface area (Å²) in [7, 11) is 0. The predicted molar refractivity (Wildman–Crippen MR) is 132 cm³/mol. The molecule has 1 aliphatic rings. The molecule has 0 atom stereocenters. The molecule has 0 unspecified atom stereocenters. The molecule has 4 aromatic rings. The number of aliphatic hydroxyl groups excluding tert-OH is 1. The summed E-state index contributed by atoms with van der Waals surface area (Å²) < 4.78 is 1.61. The summed E-state index contributed by atoms with van der Waals surface area (Å²) in [6.07, 6.45) is 1.80. The molecule has 1 aliphatic heterocycles. The number of nitrogens with two attached hydrogens (primary N) is 1. The van der Waals surface area contributed by atoms with E-state index < -0.39 is 0 Å². The van der Waals surface area contributed by atoms with Crippen LogP contribution in [0.5, 0.6) is 0 Å². The second-order valence-electron chi connectivity index (χ2n) is 8.57. The summed E-state index contributed by atoms with van der Waals surface area (Å²) in [6, 6.07) is 9.67. The van der Waals surface area contributed by atoms with Crippen molar-refractivity contribution in [2.24, 2.45) is 0 Å². The van der Waals surface area contributed by atoms with Crippen molar-refractivity contribution in [3.8, 4) is 16.9 Å². The first-order valence-electron chi connectivity index (χ1n) is 11.4. The number of nitrogens with one attached hydrogen (secondary N) is 1. The van der Waals surface area contributed by atoms with Gasteiger partial charge < -0.3 is 15.7 Å². The summed E-state index contributed by atoms with van der Waals surface area (Å²) in [5, 5.41) is 16.6. The number of hydrogen-bond acceptors (Lipinski definition) is 8. The summed E-state index contributed by atoms with van der Waals surface area (Å²) >= 11 is 0. The molecule has 1 fully saturated rings. The highest BCUT2D eigenvalue weighted by Crippen LogP contribution is 2.30. The van der Waals surface area contributed by atoms with E-state index in [9.17, 15) is 9.90 Å². The smallest absolute Gasteiger partial charge is 0.268 e. The summed E-state index contributed by atoms with van der Waals surface area (Å²) in [6.45, 7) is 8.02. The highest BCUT2D eigenvalue weighted by Gasteiger charge is 2.22. The van der Waals surface area contributed by atoms with Gasteiger partial charge in [0, 0.05) is 50.6 Å². The van der Waals surface area contributed by atoms with Gasteiger partial charge in [-0.25, -0.2) is 9.97 Å². The van der Waals surface area contributed by atoms with E-state index in [0.717, 1.165) is 48.8 Å². The number of pyridine rings is 1. The molecule has 0 aliphatic carbocycles. The third-order valence-electron chi connectivity index (χ3n) is 6.34. The number of aromatic nitrogens is 5. The van der Waals surface area contributed by atoms with Crippen molar-refractivity contribution in [1.29, 1.82) is 0 Å². The Balaban J connectivity index is 1.63. The number of anilines is 2. The fourth-order valence-electron chi connectivity index (χ4n) is 4.54. The van der Waals surface area contributed by atoms with E-state index in [-0.39, 0.29) is 18.0 Å². The molecule has 34 heavy (non-hydrogen) atoms. The van der Waals surface area contributed by atoms with Crippen molar-refractivity contribution in [2.75, 3.05) is 50.0 Å². The predicted octanol–water partition coefficient (Wildman–Crippen LogP) is 1.48. The largest absolute Gasteiger partial charge is 0.395 e. The normalized spacial score (nSPS) is 14.7. The van der Waals surface area contributed by atoms with Gasteiger partial charge in [0.2, 0.25) is 0 Å². The highest BCUT2D eigenvalue weighted by molar-refractivity contribution is 5.98. The number of aromatic amines is 1. The van der Waals surface area contributed by atoms with Gasteiger partial charge in [0.1, 0.15) is 17.0 Å². The molecule has 0 spiro atoms. The Morgan fingerprint density at radius 1 is 1.12 bits per heavy atom. The zero-order valence-electron chi connectivity index (χ0n) is 19.3. The topological polar surface area (TPSA) is 129 Å². The van der Waals surface area contributed by atoms with E-state index in [0.29, 0.717) is 29.0 Å². The lowest BCUT2D eigenvalue weighted by Crippen LogP contribution is -2.47. The first-order valence-corrected chi connectivity index (χ1v) is 11.4. The van der Waals surface area contributed by atoms with Gasteiger partial charge >= 0.3 is 0 Å². The summed E-state index contributed by atoms with van der Waals surface area (Å²) in [5.74, 6) is 1.63.